The van der Waals surface area contributed by atoms with Gasteiger partial charge in [0.15, 0.2) is 0 Å². The van der Waals surface area contributed by atoms with Gasteiger partial charge in [-0.15, -0.1) is 22.7 Å². The lowest BCUT2D eigenvalue weighted by Crippen LogP contribution is -2.59. The third-order valence-electron chi connectivity index (χ3n) is 12.8. The number of hydrogen-bond acceptors (Lipinski definition) is 4. The maximum absolute atomic E-state index is 2.59. The van der Waals surface area contributed by atoms with Crippen LogP contribution < -0.4 is 20.2 Å². The molecule has 10 aromatic rings. The van der Waals surface area contributed by atoms with Crippen LogP contribution in [0.2, 0.25) is 12.1 Å². The molecule has 2 aliphatic rings. The summed E-state index contributed by atoms with van der Waals surface area (Å²) >= 11 is 4.03. The first-order chi connectivity index (χ1) is 29.7. The van der Waals surface area contributed by atoms with Crippen molar-refractivity contribution in [3.05, 3.63) is 206 Å². The van der Waals surface area contributed by atoms with Gasteiger partial charge >= 0.3 is 0 Å². The lowest BCUT2D eigenvalue weighted by Gasteiger charge is -2.37. The number of fused-ring (bicyclic) bond motifs is 7. The van der Waals surface area contributed by atoms with E-state index in [-0.39, 0.29) is 0 Å². The van der Waals surface area contributed by atoms with Crippen LogP contribution in [-0.2, 0) is 0 Å². The molecule has 0 unspecified atom stereocenters. The van der Waals surface area contributed by atoms with Crippen molar-refractivity contribution in [2.24, 2.45) is 0 Å². The third-order valence-corrected chi connectivity index (χ3v) is 20.9. The maximum Gasteiger partial charge on any atom is 0.122 e. The number of nitrogens with zero attached hydrogens (tertiary/aromatic N) is 2. The van der Waals surface area contributed by atoms with Gasteiger partial charge in [0.05, 0.1) is 11.4 Å². The van der Waals surface area contributed by atoms with Crippen molar-refractivity contribution in [2.45, 2.75) is 18.5 Å². The second-order valence-corrected chi connectivity index (χ2v) is 22.4. The van der Waals surface area contributed by atoms with Gasteiger partial charge in [-0.25, -0.2) is 0 Å². The summed E-state index contributed by atoms with van der Waals surface area (Å²) in [6, 6.07) is 78.6. The van der Waals surface area contributed by atoms with Crippen LogP contribution >= 0.6 is 22.7 Å². The van der Waals surface area contributed by atoms with Crippen LogP contribution in [-0.4, -0.2) is 8.07 Å². The molecule has 5 heteroatoms. The number of para-hydroxylation sites is 2. The number of benzene rings is 8. The summed E-state index contributed by atoms with van der Waals surface area (Å²) in [5.41, 5.74) is 9.62. The molecule has 2 nitrogen and oxygen atoms in total. The highest BCUT2D eigenvalue weighted by Gasteiger charge is 2.52. The predicted octanol–water partition coefficient (Wildman–Crippen LogP) is 15.3. The van der Waals surface area contributed by atoms with Gasteiger partial charge in [0.25, 0.3) is 0 Å². The molecule has 0 atom stereocenters. The average Bonchev–Trinajstić information content (AvgIpc) is 3.99. The van der Waals surface area contributed by atoms with Crippen LogP contribution in [0.5, 0.6) is 0 Å². The van der Waals surface area contributed by atoms with Crippen LogP contribution in [0.25, 0.3) is 52.2 Å². The van der Waals surface area contributed by atoms with Gasteiger partial charge in [-0.3, -0.25) is 0 Å². The SMILES string of the molecule is c1ccc(N(c2ccc(-c3cc4c(s3)-c3sc(-c5ccc(N(c6ccccc6)c6cccc7ccccc67)cc5)cc3[Si]43CCC3)cc2)c2cccc3ccccc23)cc1. The second kappa shape index (κ2) is 14.3. The molecule has 1 spiro atoms. The monoisotopic (exact) mass is 820 g/mol. The van der Waals surface area contributed by atoms with Crippen molar-refractivity contribution >= 4 is 96.8 Å². The first kappa shape index (κ1) is 35.4. The molecule has 286 valence electrons. The molecule has 1 fully saturated rings. The Morgan fingerprint density at radius 2 is 0.750 bits per heavy atom. The minimum absolute atomic E-state index is 1.16. The van der Waals surface area contributed by atoms with Crippen molar-refractivity contribution in [1.29, 1.82) is 0 Å². The Bertz CT molecular complexity index is 2960. The Morgan fingerprint density at radius 1 is 0.367 bits per heavy atom. The van der Waals surface area contributed by atoms with Crippen LogP contribution in [0.3, 0.4) is 0 Å². The van der Waals surface area contributed by atoms with Gasteiger partial charge in [0, 0.05) is 53.0 Å². The molecule has 12 rings (SSSR count). The number of anilines is 6. The zero-order valence-electron chi connectivity index (χ0n) is 33.0. The summed E-state index contributed by atoms with van der Waals surface area (Å²) in [7, 11) is -1.73. The Labute approximate surface area is 359 Å². The van der Waals surface area contributed by atoms with Crippen molar-refractivity contribution in [3.8, 4) is 30.6 Å². The molecule has 2 aromatic heterocycles. The minimum atomic E-state index is -1.73. The number of hydrogen-bond donors (Lipinski definition) is 0. The molecule has 0 saturated carbocycles. The van der Waals surface area contributed by atoms with E-state index in [1.165, 1.54) is 82.1 Å². The normalized spacial score (nSPS) is 13.6. The average molecular weight is 821 g/mol. The van der Waals surface area contributed by atoms with E-state index in [0.29, 0.717) is 0 Å². The molecular weight excluding hydrogens is 781 g/mol. The van der Waals surface area contributed by atoms with E-state index in [1.54, 1.807) is 10.4 Å². The third kappa shape index (κ3) is 5.72. The quantitative estimate of drug-likeness (QED) is 0.141. The topological polar surface area (TPSA) is 6.48 Å². The summed E-state index contributed by atoms with van der Waals surface area (Å²) in [5, 5.41) is 8.36. The van der Waals surface area contributed by atoms with Crippen LogP contribution in [0.15, 0.2) is 206 Å². The molecular formula is C55H40N2S2Si. The number of thiophene rings is 2. The molecule has 60 heavy (non-hydrogen) atoms. The summed E-state index contributed by atoms with van der Waals surface area (Å²) in [6.45, 7) is 0. The van der Waals surface area contributed by atoms with E-state index >= 15 is 0 Å². The first-order valence-corrected chi connectivity index (χ1v) is 24.9. The van der Waals surface area contributed by atoms with Crippen LogP contribution in [0.1, 0.15) is 6.42 Å². The molecule has 1 saturated heterocycles. The summed E-state index contributed by atoms with van der Waals surface area (Å²) in [6.07, 6.45) is 1.35. The summed E-state index contributed by atoms with van der Waals surface area (Å²) < 4.78 is 0. The lowest BCUT2D eigenvalue weighted by atomic mass is 10.1. The van der Waals surface area contributed by atoms with Gasteiger partial charge < -0.3 is 9.80 Å². The van der Waals surface area contributed by atoms with E-state index in [0.717, 1.165) is 22.7 Å². The predicted molar refractivity (Wildman–Crippen MR) is 262 cm³/mol. The van der Waals surface area contributed by atoms with Crippen molar-refractivity contribution in [1.82, 2.24) is 0 Å². The zero-order valence-corrected chi connectivity index (χ0v) is 35.6. The summed E-state index contributed by atoms with van der Waals surface area (Å²) in [5.74, 6) is 0. The minimum Gasteiger partial charge on any atom is -0.310 e. The zero-order chi connectivity index (χ0) is 39.6. The highest BCUT2D eigenvalue weighted by molar-refractivity contribution is 7.32. The van der Waals surface area contributed by atoms with Crippen LogP contribution in [0.4, 0.5) is 34.1 Å². The Balaban J connectivity index is 0.880. The molecule has 0 amide bonds. The van der Waals surface area contributed by atoms with Crippen molar-refractivity contribution < 1.29 is 0 Å². The highest BCUT2D eigenvalue weighted by atomic mass is 32.1. The van der Waals surface area contributed by atoms with E-state index in [4.69, 9.17) is 0 Å². The fourth-order valence-electron chi connectivity index (χ4n) is 9.69. The fraction of sp³-hybridized carbons (Fsp3) is 0.0545. The smallest absolute Gasteiger partial charge is 0.122 e. The molecule has 8 aromatic carbocycles. The van der Waals surface area contributed by atoms with Crippen molar-refractivity contribution in [3.63, 3.8) is 0 Å². The first-order valence-electron chi connectivity index (χ1n) is 20.9. The molecule has 0 radical (unpaired) electrons. The van der Waals surface area contributed by atoms with Crippen LogP contribution in [0, 0.1) is 0 Å². The van der Waals surface area contributed by atoms with Gasteiger partial charge in [-0.05, 0) is 117 Å². The molecule has 4 heterocycles. The van der Waals surface area contributed by atoms with Gasteiger partial charge in [0.1, 0.15) is 8.07 Å². The largest absolute Gasteiger partial charge is 0.310 e. The van der Waals surface area contributed by atoms with Gasteiger partial charge in [-0.2, -0.15) is 0 Å². The van der Waals surface area contributed by atoms with Crippen molar-refractivity contribution in [2.75, 3.05) is 9.80 Å². The Hall–Kier alpha value is -6.50. The summed E-state index contributed by atoms with van der Waals surface area (Å²) in [4.78, 5) is 10.6. The molecule has 0 aliphatic carbocycles. The van der Waals surface area contributed by atoms with E-state index in [2.05, 4.69) is 216 Å². The molecule has 0 N–H and O–H groups in total. The molecule has 0 bridgehead atoms. The Morgan fingerprint density at radius 3 is 1.17 bits per heavy atom. The second-order valence-electron chi connectivity index (χ2n) is 16.1. The number of rotatable bonds is 8. The van der Waals surface area contributed by atoms with E-state index < -0.39 is 8.07 Å². The molecule has 2 aliphatic heterocycles. The fourth-order valence-corrected chi connectivity index (χ4v) is 18.2. The van der Waals surface area contributed by atoms with E-state index in [1.807, 2.05) is 22.7 Å². The standard InChI is InChI=1S/C55H40N2S2Si/c1-3-18-42(19-4-1)56(48-24-11-16-38-14-7-9-22-46(38)48)44-30-26-40(27-31-44)50-36-52-54(58-50)55-53(60(52)34-13-35-60)37-51(59-55)41-28-32-45(33-29-41)57(43-20-5-2-6-21-43)49-25-12-17-39-15-8-10-23-47(39)49/h1-12,14-33,36-37H,13,34-35H2. The van der Waals surface area contributed by atoms with E-state index in [9.17, 15) is 0 Å². The lowest BCUT2D eigenvalue weighted by molar-refractivity contribution is 0.931. The van der Waals surface area contributed by atoms with Gasteiger partial charge in [-0.1, -0.05) is 140 Å². The maximum atomic E-state index is 2.59. The Kier molecular flexibility index (Phi) is 8.48. The highest BCUT2D eigenvalue weighted by Crippen LogP contribution is 2.50. The van der Waals surface area contributed by atoms with Gasteiger partial charge in [0.2, 0.25) is 0 Å².